The van der Waals surface area contributed by atoms with Crippen LogP contribution in [0.15, 0.2) is 23.2 Å². The summed E-state index contributed by atoms with van der Waals surface area (Å²) in [5.41, 5.74) is 3.88. The molecule has 5 heteroatoms. The number of likely N-dealkylation sites (N-methyl/N-ethyl adjacent to an activating group) is 1. The van der Waals surface area contributed by atoms with Gasteiger partial charge >= 0.3 is 0 Å². The SMILES string of the molecule is CCNC(=O)CN=C(NCC)NCCc1cc(C)cc(C)c1. The number of rotatable bonds is 7. The highest BCUT2D eigenvalue weighted by Crippen LogP contribution is 2.08. The van der Waals surface area contributed by atoms with Crippen molar-refractivity contribution in [3.63, 3.8) is 0 Å². The van der Waals surface area contributed by atoms with Crippen molar-refractivity contribution >= 4 is 11.9 Å². The molecule has 1 aromatic rings. The molecule has 0 aliphatic rings. The van der Waals surface area contributed by atoms with Crippen LogP contribution in [0.25, 0.3) is 0 Å². The van der Waals surface area contributed by atoms with Gasteiger partial charge in [0.2, 0.25) is 5.91 Å². The number of hydrogen-bond acceptors (Lipinski definition) is 2. The quantitative estimate of drug-likeness (QED) is 0.529. The number of nitrogens with one attached hydrogen (secondary N) is 3. The fraction of sp³-hybridized carbons (Fsp3) is 0.529. The van der Waals surface area contributed by atoms with E-state index in [9.17, 15) is 4.79 Å². The number of amides is 1. The van der Waals surface area contributed by atoms with E-state index in [2.05, 4.69) is 53.0 Å². The second kappa shape index (κ2) is 9.82. The largest absolute Gasteiger partial charge is 0.357 e. The van der Waals surface area contributed by atoms with Gasteiger partial charge in [-0.1, -0.05) is 29.3 Å². The summed E-state index contributed by atoms with van der Waals surface area (Å²) >= 11 is 0. The zero-order chi connectivity index (χ0) is 16.4. The van der Waals surface area contributed by atoms with Gasteiger partial charge in [-0.05, 0) is 39.7 Å². The van der Waals surface area contributed by atoms with E-state index in [4.69, 9.17) is 0 Å². The Morgan fingerprint density at radius 2 is 1.64 bits per heavy atom. The first kappa shape index (κ1) is 18.0. The minimum atomic E-state index is -0.0611. The minimum absolute atomic E-state index is 0.0611. The molecule has 22 heavy (non-hydrogen) atoms. The van der Waals surface area contributed by atoms with Crippen molar-refractivity contribution in [2.75, 3.05) is 26.2 Å². The molecular weight excluding hydrogens is 276 g/mol. The Hall–Kier alpha value is -2.04. The van der Waals surface area contributed by atoms with E-state index in [0.29, 0.717) is 12.5 Å². The Balaban J connectivity index is 2.49. The lowest BCUT2D eigenvalue weighted by Crippen LogP contribution is -2.39. The van der Waals surface area contributed by atoms with Crippen LogP contribution in [0.3, 0.4) is 0 Å². The molecule has 0 fully saturated rings. The predicted molar refractivity (Wildman–Crippen MR) is 92.3 cm³/mol. The fourth-order valence-electron chi connectivity index (χ4n) is 2.28. The summed E-state index contributed by atoms with van der Waals surface area (Å²) in [7, 11) is 0. The van der Waals surface area contributed by atoms with Crippen LogP contribution in [-0.2, 0) is 11.2 Å². The van der Waals surface area contributed by atoms with E-state index < -0.39 is 0 Å². The summed E-state index contributed by atoms with van der Waals surface area (Å²) in [4.78, 5) is 15.7. The zero-order valence-electron chi connectivity index (χ0n) is 14.1. The Kier molecular flexibility index (Phi) is 8.04. The monoisotopic (exact) mass is 304 g/mol. The van der Waals surface area contributed by atoms with Crippen molar-refractivity contribution in [3.8, 4) is 0 Å². The Morgan fingerprint density at radius 1 is 1.00 bits per heavy atom. The van der Waals surface area contributed by atoms with Crippen LogP contribution >= 0.6 is 0 Å². The zero-order valence-corrected chi connectivity index (χ0v) is 14.1. The van der Waals surface area contributed by atoms with E-state index in [1.165, 1.54) is 16.7 Å². The highest BCUT2D eigenvalue weighted by atomic mass is 16.1. The van der Waals surface area contributed by atoms with Gasteiger partial charge in [-0.25, -0.2) is 4.99 Å². The van der Waals surface area contributed by atoms with Crippen LogP contribution in [0.2, 0.25) is 0 Å². The van der Waals surface area contributed by atoms with Crippen molar-refractivity contribution in [2.45, 2.75) is 34.1 Å². The van der Waals surface area contributed by atoms with Crippen LogP contribution in [0, 0.1) is 13.8 Å². The normalized spacial score (nSPS) is 11.2. The molecule has 0 unspecified atom stereocenters. The fourth-order valence-corrected chi connectivity index (χ4v) is 2.28. The molecule has 0 heterocycles. The number of nitrogens with zero attached hydrogens (tertiary/aromatic N) is 1. The third kappa shape index (κ3) is 7.11. The summed E-state index contributed by atoms with van der Waals surface area (Å²) in [5.74, 6) is 0.618. The average molecular weight is 304 g/mol. The summed E-state index contributed by atoms with van der Waals surface area (Å²) in [6.45, 7) is 10.5. The molecule has 5 nitrogen and oxygen atoms in total. The van der Waals surface area contributed by atoms with Crippen LogP contribution in [0.1, 0.15) is 30.5 Å². The summed E-state index contributed by atoms with van der Waals surface area (Å²) in [6.07, 6.45) is 0.925. The van der Waals surface area contributed by atoms with Gasteiger partial charge in [0.25, 0.3) is 0 Å². The Morgan fingerprint density at radius 3 is 2.23 bits per heavy atom. The first-order valence-corrected chi connectivity index (χ1v) is 7.91. The van der Waals surface area contributed by atoms with E-state index >= 15 is 0 Å². The van der Waals surface area contributed by atoms with Gasteiger partial charge in [-0.2, -0.15) is 0 Å². The maximum absolute atomic E-state index is 11.4. The maximum atomic E-state index is 11.4. The number of guanidine groups is 1. The third-order valence-electron chi connectivity index (χ3n) is 3.09. The van der Waals surface area contributed by atoms with Crippen LogP contribution in [0.4, 0.5) is 0 Å². The van der Waals surface area contributed by atoms with E-state index in [-0.39, 0.29) is 12.5 Å². The summed E-state index contributed by atoms with van der Waals surface area (Å²) < 4.78 is 0. The molecule has 0 saturated carbocycles. The predicted octanol–water partition coefficient (Wildman–Crippen LogP) is 1.54. The van der Waals surface area contributed by atoms with Crippen molar-refractivity contribution in [3.05, 3.63) is 34.9 Å². The van der Waals surface area contributed by atoms with E-state index in [1.807, 2.05) is 13.8 Å². The number of aryl methyl sites for hydroxylation is 2. The van der Waals surface area contributed by atoms with Gasteiger partial charge in [-0.15, -0.1) is 0 Å². The molecule has 0 aliphatic heterocycles. The summed E-state index contributed by atoms with van der Waals surface area (Å²) in [5, 5.41) is 9.15. The molecule has 0 spiro atoms. The van der Waals surface area contributed by atoms with Crippen LogP contribution < -0.4 is 16.0 Å². The van der Waals surface area contributed by atoms with Gasteiger partial charge in [0.1, 0.15) is 6.54 Å². The lowest BCUT2D eigenvalue weighted by molar-refractivity contribution is -0.119. The first-order chi connectivity index (χ1) is 10.5. The number of benzene rings is 1. The van der Waals surface area contributed by atoms with E-state index in [1.54, 1.807) is 0 Å². The maximum Gasteiger partial charge on any atom is 0.241 e. The molecule has 1 rings (SSSR count). The Bertz CT molecular complexity index is 491. The molecule has 0 saturated heterocycles. The number of hydrogen-bond donors (Lipinski definition) is 3. The molecule has 122 valence electrons. The van der Waals surface area contributed by atoms with Crippen LogP contribution in [-0.4, -0.2) is 38.0 Å². The standard InChI is InChI=1S/C17H28N4O/c1-5-18-16(22)12-21-17(19-6-2)20-8-7-15-10-13(3)9-14(4)11-15/h9-11H,5-8,12H2,1-4H3,(H,18,22)(H2,19,20,21). The molecular formula is C17H28N4O. The lowest BCUT2D eigenvalue weighted by Gasteiger charge is -2.12. The third-order valence-corrected chi connectivity index (χ3v) is 3.09. The highest BCUT2D eigenvalue weighted by molar-refractivity contribution is 5.84. The van der Waals surface area contributed by atoms with Crippen molar-refractivity contribution in [1.29, 1.82) is 0 Å². The molecule has 3 N–H and O–H groups in total. The van der Waals surface area contributed by atoms with Gasteiger partial charge in [0.15, 0.2) is 5.96 Å². The summed E-state index contributed by atoms with van der Waals surface area (Å²) in [6, 6.07) is 6.58. The second-order valence-corrected chi connectivity index (χ2v) is 5.32. The van der Waals surface area contributed by atoms with Crippen molar-refractivity contribution < 1.29 is 4.79 Å². The number of aliphatic imine (C=N–C) groups is 1. The van der Waals surface area contributed by atoms with Crippen molar-refractivity contribution in [1.82, 2.24) is 16.0 Å². The Labute approximate surface area is 133 Å². The molecule has 0 atom stereocenters. The topological polar surface area (TPSA) is 65.5 Å². The van der Waals surface area contributed by atoms with Gasteiger partial charge in [0.05, 0.1) is 0 Å². The second-order valence-electron chi connectivity index (χ2n) is 5.32. The molecule has 1 amide bonds. The van der Waals surface area contributed by atoms with Gasteiger partial charge in [0, 0.05) is 19.6 Å². The average Bonchev–Trinajstić information content (AvgIpc) is 2.44. The molecule has 0 radical (unpaired) electrons. The molecule has 0 aliphatic carbocycles. The smallest absolute Gasteiger partial charge is 0.241 e. The lowest BCUT2D eigenvalue weighted by atomic mass is 10.1. The molecule has 0 bridgehead atoms. The molecule has 0 aromatic heterocycles. The first-order valence-electron chi connectivity index (χ1n) is 7.91. The number of carbonyl (C=O) groups is 1. The number of carbonyl (C=O) groups excluding carboxylic acids is 1. The highest BCUT2D eigenvalue weighted by Gasteiger charge is 2.01. The van der Waals surface area contributed by atoms with E-state index in [0.717, 1.165) is 19.5 Å². The van der Waals surface area contributed by atoms with Gasteiger partial charge in [-0.3, -0.25) is 4.79 Å². The van der Waals surface area contributed by atoms with Crippen LogP contribution in [0.5, 0.6) is 0 Å². The minimum Gasteiger partial charge on any atom is -0.357 e. The van der Waals surface area contributed by atoms with Crippen molar-refractivity contribution in [2.24, 2.45) is 4.99 Å². The van der Waals surface area contributed by atoms with Gasteiger partial charge < -0.3 is 16.0 Å². The molecule has 1 aromatic carbocycles.